The van der Waals surface area contributed by atoms with E-state index in [1.54, 1.807) is 6.92 Å². The van der Waals surface area contributed by atoms with Crippen LogP contribution >= 0.6 is 0 Å². The summed E-state index contributed by atoms with van der Waals surface area (Å²) in [5.41, 5.74) is 1.30. The highest BCUT2D eigenvalue weighted by molar-refractivity contribution is 7.91. The summed E-state index contributed by atoms with van der Waals surface area (Å²) in [5.74, 6) is -1.28. The number of aryl methyl sites for hydroxylation is 1. The topological polar surface area (TPSA) is 93.0 Å². The Kier molecular flexibility index (Phi) is 4.50. The molecule has 1 aliphatic heterocycles. The molecule has 2 rings (SSSR count). The molecule has 0 fully saturated rings. The highest BCUT2D eigenvalue weighted by Crippen LogP contribution is 2.33. The van der Waals surface area contributed by atoms with Crippen molar-refractivity contribution in [3.8, 4) is 0 Å². The number of hydrogen-bond acceptors (Lipinski definition) is 5. The van der Waals surface area contributed by atoms with Gasteiger partial charge in [0.1, 0.15) is 13.3 Å². The standard InChI is InChI=1S/C14H16FNO5S/c1-8-7-10(14(17)18)9(2)12-11(16-21-5-4-15)3-6-22(19,20)13(8)12/h7H,3-6H2,1-2H3,(H,17,18). The van der Waals surface area contributed by atoms with Crippen molar-refractivity contribution >= 4 is 21.5 Å². The van der Waals surface area contributed by atoms with E-state index in [-0.39, 0.29) is 34.8 Å². The second-order valence-corrected chi connectivity index (χ2v) is 7.05. The lowest BCUT2D eigenvalue weighted by atomic mass is 9.94. The zero-order chi connectivity index (χ0) is 16.5. The third-order valence-corrected chi connectivity index (χ3v) is 5.40. The first-order chi connectivity index (χ1) is 10.3. The number of carboxylic acid groups (broad SMARTS) is 1. The van der Waals surface area contributed by atoms with Crippen LogP contribution in [-0.4, -0.2) is 44.2 Å². The van der Waals surface area contributed by atoms with Crippen molar-refractivity contribution in [3.05, 3.63) is 28.3 Å². The van der Waals surface area contributed by atoms with Crippen molar-refractivity contribution in [2.45, 2.75) is 25.2 Å². The first-order valence-corrected chi connectivity index (χ1v) is 8.30. The van der Waals surface area contributed by atoms with E-state index in [2.05, 4.69) is 5.16 Å². The zero-order valence-electron chi connectivity index (χ0n) is 12.2. The van der Waals surface area contributed by atoms with E-state index in [4.69, 9.17) is 4.84 Å². The van der Waals surface area contributed by atoms with Crippen LogP contribution in [0.15, 0.2) is 16.1 Å². The number of carboxylic acids is 1. The minimum Gasteiger partial charge on any atom is -0.478 e. The quantitative estimate of drug-likeness (QED) is 0.672. The van der Waals surface area contributed by atoms with Crippen LogP contribution in [0.2, 0.25) is 0 Å². The van der Waals surface area contributed by atoms with Crippen LogP contribution < -0.4 is 0 Å². The Bertz CT molecular complexity index is 755. The maximum absolute atomic E-state index is 12.3. The molecule has 0 atom stereocenters. The molecule has 1 aromatic carbocycles. The van der Waals surface area contributed by atoms with Crippen LogP contribution in [0.25, 0.3) is 0 Å². The number of halogens is 1. The molecular formula is C14H16FNO5S. The van der Waals surface area contributed by atoms with Crippen LogP contribution in [0.5, 0.6) is 0 Å². The Morgan fingerprint density at radius 2 is 2.14 bits per heavy atom. The number of hydrogen-bond donors (Lipinski definition) is 1. The lowest BCUT2D eigenvalue weighted by molar-refractivity contribution is 0.0695. The van der Waals surface area contributed by atoms with Gasteiger partial charge in [0.15, 0.2) is 9.84 Å². The minimum atomic E-state index is -3.50. The van der Waals surface area contributed by atoms with E-state index in [0.29, 0.717) is 16.8 Å². The Hall–Kier alpha value is -1.96. The molecule has 8 heteroatoms. The SMILES string of the molecule is Cc1cc(C(=O)O)c(C)c2c1S(=O)(=O)CCC2=NOCCF. The van der Waals surface area contributed by atoms with Crippen molar-refractivity contribution in [1.82, 2.24) is 0 Å². The monoisotopic (exact) mass is 329 g/mol. The van der Waals surface area contributed by atoms with Crippen LogP contribution in [0.1, 0.15) is 33.5 Å². The smallest absolute Gasteiger partial charge is 0.335 e. The fourth-order valence-electron chi connectivity index (χ4n) is 2.57. The van der Waals surface area contributed by atoms with Crippen LogP contribution in [-0.2, 0) is 14.7 Å². The number of carbonyl (C=O) groups is 1. The number of fused-ring (bicyclic) bond motifs is 1. The third-order valence-electron chi connectivity index (χ3n) is 3.51. The van der Waals surface area contributed by atoms with Crippen molar-refractivity contribution in [1.29, 1.82) is 0 Å². The number of rotatable bonds is 4. The van der Waals surface area contributed by atoms with Gasteiger partial charge in [-0.3, -0.25) is 0 Å². The number of nitrogens with zero attached hydrogens (tertiary/aromatic N) is 1. The molecular weight excluding hydrogens is 313 g/mol. The summed E-state index contributed by atoms with van der Waals surface area (Å²) in [6, 6.07) is 1.35. The van der Waals surface area contributed by atoms with E-state index in [1.165, 1.54) is 13.0 Å². The van der Waals surface area contributed by atoms with Gasteiger partial charge < -0.3 is 9.94 Å². The van der Waals surface area contributed by atoms with Gasteiger partial charge in [-0.15, -0.1) is 0 Å². The molecule has 0 saturated carbocycles. The summed E-state index contributed by atoms with van der Waals surface area (Å²) >= 11 is 0. The normalized spacial score (nSPS) is 18.0. The van der Waals surface area contributed by atoms with E-state index in [0.717, 1.165) is 0 Å². The maximum atomic E-state index is 12.3. The summed E-state index contributed by atoms with van der Waals surface area (Å²) in [6.45, 7) is 2.14. The van der Waals surface area contributed by atoms with Gasteiger partial charge in [-0.2, -0.15) is 0 Å². The third kappa shape index (κ3) is 2.83. The van der Waals surface area contributed by atoms with Crippen molar-refractivity contribution in [3.63, 3.8) is 0 Å². The Morgan fingerprint density at radius 1 is 1.45 bits per heavy atom. The van der Waals surface area contributed by atoms with Gasteiger partial charge in [-0.25, -0.2) is 17.6 Å². The molecule has 0 amide bonds. The fourth-order valence-corrected chi connectivity index (χ4v) is 4.37. The summed E-state index contributed by atoms with van der Waals surface area (Å²) in [7, 11) is -3.50. The van der Waals surface area contributed by atoms with Gasteiger partial charge in [0.25, 0.3) is 0 Å². The minimum absolute atomic E-state index is 0.0199. The molecule has 0 aliphatic carbocycles. The second-order valence-electron chi connectivity index (χ2n) is 5.00. The number of oxime groups is 1. The van der Waals surface area contributed by atoms with E-state index >= 15 is 0 Å². The molecule has 0 spiro atoms. The molecule has 22 heavy (non-hydrogen) atoms. The summed E-state index contributed by atoms with van der Waals surface area (Å²) in [5, 5.41) is 13.1. The van der Waals surface area contributed by atoms with Crippen LogP contribution in [0.4, 0.5) is 4.39 Å². The Labute approximate surface area is 127 Å². The first kappa shape index (κ1) is 16.4. The fraction of sp³-hybridized carbons (Fsp3) is 0.429. The molecule has 0 radical (unpaired) electrons. The first-order valence-electron chi connectivity index (χ1n) is 6.65. The van der Waals surface area contributed by atoms with Gasteiger partial charge in [0, 0.05) is 12.0 Å². The number of sulfone groups is 1. The molecule has 0 unspecified atom stereocenters. The molecule has 6 nitrogen and oxygen atoms in total. The Morgan fingerprint density at radius 3 is 2.73 bits per heavy atom. The number of alkyl halides is 1. The molecule has 1 aliphatic rings. The Balaban J connectivity index is 2.73. The number of aromatic carboxylic acids is 1. The molecule has 0 saturated heterocycles. The molecule has 0 bridgehead atoms. The van der Waals surface area contributed by atoms with Crippen LogP contribution in [0, 0.1) is 13.8 Å². The molecule has 1 aromatic rings. The van der Waals surface area contributed by atoms with E-state index in [9.17, 15) is 22.7 Å². The maximum Gasteiger partial charge on any atom is 0.335 e. The van der Waals surface area contributed by atoms with Crippen LogP contribution in [0.3, 0.4) is 0 Å². The lowest BCUT2D eigenvalue weighted by Gasteiger charge is -2.23. The molecule has 1 heterocycles. The van der Waals surface area contributed by atoms with E-state index < -0.39 is 22.5 Å². The predicted octanol–water partition coefficient (Wildman–Crippen LogP) is 1.87. The van der Waals surface area contributed by atoms with Gasteiger partial charge in [-0.05, 0) is 31.0 Å². The average Bonchev–Trinajstić information content (AvgIpc) is 2.43. The van der Waals surface area contributed by atoms with E-state index in [1.807, 2.05) is 0 Å². The van der Waals surface area contributed by atoms with Crippen molar-refractivity contribution in [2.24, 2.45) is 5.16 Å². The summed E-state index contributed by atoms with van der Waals surface area (Å²) < 4.78 is 36.7. The second kappa shape index (κ2) is 6.04. The molecule has 120 valence electrons. The highest BCUT2D eigenvalue weighted by Gasteiger charge is 2.33. The summed E-state index contributed by atoms with van der Waals surface area (Å²) in [6.07, 6.45) is 0.102. The van der Waals surface area contributed by atoms with Gasteiger partial charge in [0.05, 0.1) is 21.9 Å². The highest BCUT2D eigenvalue weighted by atomic mass is 32.2. The predicted molar refractivity (Wildman–Crippen MR) is 78.0 cm³/mol. The summed E-state index contributed by atoms with van der Waals surface area (Å²) in [4.78, 5) is 16.2. The molecule has 0 aromatic heterocycles. The van der Waals surface area contributed by atoms with Crippen molar-refractivity contribution < 1.29 is 27.5 Å². The van der Waals surface area contributed by atoms with Crippen molar-refractivity contribution in [2.75, 3.05) is 19.0 Å². The largest absolute Gasteiger partial charge is 0.478 e. The molecule has 1 N–H and O–H groups in total. The zero-order valence-corrected chi connectivity index (χ0v) is 13.0. The number of benzene rings is 1. The van der Waals surface area contributed by atoms with Gasteiger partial charge in [0.2, 0.25) is 0 Å². The van der Waals surface area contributed by atoms with Gasteiger partial charge in [-0.1, -0.05) is 5.16 Å². The van der Waals surface area contributed by atoms with Gasteiger partial charge >= 0.3 is 5.97 Å². The lowest BCUT2D eigenvalue weighted by Crippen LogP contribution is -2.26. The average molecular weight is 329 g/mol.